The van der Waals surface area contributed by atoms with E-state index in [9.17, 15) is 4.79 Å². The lowest BCUT2D eigenvalue weighted by Gasteiger charge is -2.00. The molecule has 0 saturated carbocycles. The quantitative estimate of drug-likeness (QED) is 0.560. The lowest BCUT2D eigenvalue weighted by atomic mass is 10.1. The molecule has 0 saturated heterocycles. The highest BCUT2D eigenvalue weighted by Gasteiger charge is 2.09. The van der Waals surface area contributed by atoms with Gasteiger partial charge >= 0.3 is 0 Å². The minimum absolute atomic E-state index is 0.344. The number of methoxy groups -OCH3 is 1. The number of nitrogens with one attached hydrogen (secondary N) is 2. The molecule has 1 amide bonds. The summed E-state index contributed by atoms with van der Waals surface area (Å²) in [7, 11) is 1.60. The molecule has 3 aromatic rings. The Labute approximate surface area is 139 Å². The van der Waals surface area contributed by atoms with Gasteiger partial charge in [-0.1, -0.05) is 42.5 Å². The van der Waals surface area contributed by atoms with E-state index < -0.39 is 0 Å². The number of hydrogen-bond acceptors (Lipinski definition) is 4. The van der Waals surface area contributed by atoms with Crippen molar-refractivity contribution in [2.45, 2.75) is 0 Å². The van der Waals surface area contributed by atoms with Crippen LogP contribution >= 0.6 is 0 Å². The van der Waals surface area contributed by atoms with Crippen LogP contribution in [0.1, 0.15) is 16.1 Å². The van der Waals surface area contributed by atoms with Crippen molar-refractivity contribution in [1.82, 2.24) is 15.6 Å². The number of H-pyrrole nitrogens is 1. The first-order valence-electron chi connectivity index (χ1n) is 7.34. The molecule has 0 fully saturated rings. The molecule has 0 bridgehead atoms. The molecular weight excluding hydrogens is 304 g/mol. The number of carbonyl (C=O) groups excluding carboxylic acids is 1. The Kier molecular flexibility index (Phi) is 4.67. The van der Waals surface area contributed by atoms with Gasteiger partial charge in [-0.05, 0) is 23.8 Å². The van der Waals surface area contributed by atoms with E-state index in [4.69, 9.17) is 4.74 Å². The maximum absolute atomic E-state index is 12.1. The van der Waals surface area contributed by atoms with E-state index in [1.807, 2.05) is 54.6 Å². The van der Waals surface area contributed by atoms with E-state index >= 15 is 0 Å². The number of amides is 1. The molecule has 2 N–H and O–H groups in total. The maximum atomic E-state index is 12.1. The molecule has 0 spiro atoms. The first-order chi connectivity index (χ1) is 11.8. The van der Waals surface area contributed by atoms with Crippen LogP contribution in [-0.4, -0.2) is 29.4 Å². The van der Waals surface area contributed by atoms with Gasteiger partial charge in [-0.15, -0.1) is 0 Å². The second kappa shape index (κ2) is 7.23. The molecule has 120 valence electrons. The average molecular weight is 320 g/mol. The summed E-state index contributed by atoms with van der Waals surface area (Å²) < 4.78 is 5.13. The highest BCUT2D eigenvalue weighted by molar-refractivity contribution is 5.94. The first-order valence-corrected chi connectivity index (χ1v) is 7.34. The molecule has 2 aromatic carbocycles. The van der Waals surface area contributed by atoms with Gasteiger partial charge in [-0.2, -0.15) is 10.2 Å². The third-order valence-corrected chi connectivity index (χ3v) is 3.37. The molecule has 3 rings (SSSR count). The molecule has 0 aliphatic heterocycles. The molecule has 0 unspecified atom stereocenters. The summed E-state index contributed by atoms with van der Waals surface area (Å²) in [5.41, 5.74) is 5.28. The van der Waals surface area contributed by atoms with Crippen LogP contribution in [0.2, 0.25) is 0 Å². The third kappa shape index (κ3) is 3.67. The molecule has 0 atom stereocenters. The van der Waals surface area contributed by atoms with Gasteiger partial charge in [0.15, 0.2) is 0 Å². The van der Waals surface area contributed by atoms with Gasteiger partial charge < -0.3 is 4.74 Å². The van der Waals surface area contributed by atoms with E-state index in [0.717, 1.165) is 16.9 Å². The van der Waals surface area contributed by atoms with E-state index in [-0.39, 0.29) is 5.91 Å². The van der Waals surface area contributed by atoms with Crippen molar-refractivity contribution in [3.05, 3.63) is 71.9 Å². The van der Waals surface area contributed by atoms with Crippen LogP contribution in [0.25, 0.3) is 11.3 Å². The van der Waals surface area contributed by atoms with Crippen LogP contribution in [0, 0.1) is 0 Å². The Morgan fingerprint density at radius 2 is 2.00 bits per heavy atom. The maximum Gasteiger partial charge on any atom is 0.289 e. The summed E-state index contributed by atoms with van der Waals surface area (Å²) in [6.07, 6.45) is 1.55. The molecule has 1 aromatic heterocycles. The Morgan fingerprint density at radius 1 is 1.17 bits per heavy atom. The zero-order chi connectivity index (χ0) is 16.8. The Bertz CT molecular complexity index is 856. The van der Waals surface area contributed by atoms with E-state index in [0.29, 0.717) is 11.4 Å². The predicted octanol–water partition coefficient (Wildman–Crippen LogP) is 2.85. The van der Waals surface area contributed by atoms with Gasteiger partial charge in [0, 0.05) is 5.56 Å². The number of hydrogen-bond donors (Lipinski definition) is 2. The number of aromatic amines is 1. The van der Waals surface area contributed by atoms with Gasteiger partial charge in [0.2, 0.25) is 0 Å². The predicted molar refractivity (Wildman–Crippen MR) is 92.1 cm³/mol. The largest absolute Gasteiger partial charge is 0.497 e. The molecule has 6 heteroatoms. The van der Waals surface area contributed by atoms with E-state index in [1.54, 1.807) is 19.4 Å². The molecule has 1 heterocycles. The normalized spacial score (nSPS) is 10.7. The molecule has 24 heavy (non-hydrogen) atoms. The lowest BCUT2D eigenvalue weighted by Crippen LogP contribution is -2.18. The third-order valence-electron chi connectivity index (χ3n) is 3.37. The van der Waals surface area contributed by atoms with E-state index in [1.165, 1.54) is 0 Å². The highest BCUT2D eigenvalue weighted by Crippen LogP contribution is 2.16. The van der Waals surface area contributed by atoms with Crippen molar-refractivity contribution >= 4 is 12.1 Å². The molecule has 6 nitrogen and oxygen atoms in total. The summed E-state index contributed by atoms with van der Waals surface area (Å²) in [6.45, 7) is 0. The molecule has 0 radical (unpaired) electrons. The number of aromatic nitrogens is 2. The SMILES string of the molecule is COc1cccc(C=NNC(=O)c2cc(-c3ccccc3)n[nH]2)c1. The number of nitrogens with zero attached hydrogens (tertiary/aromatic N) is 2. The minimum atomic E-state index is -0.358. The van der Waals surface area contributed by atoms with Gasteiger partial charge in [0.25, 0.3) is 5.91 Å². The lowest BCUT2D eigenvalue weighted by molar-refractivity contribution is 0.0950. The second-order valence-electron chi connectivity index (χ2n) is 5.01. The standard InChI is InChI=1S/C18H16N4O2/c1-24-15-9-5-6-13(10-15)12-19-22-18(23)17-11-16(20-21-17)14-7-3-2-4-8-14/h2-12H,1H3,(H,20,21)(H,22,23). The van der Waals surface area contributed by atoms with Crippen LogP contribution in [0.3, 0.4) is 0 Å². The number of benzene rings is 2. The van der Waals surface area contributed by atoms with Crippen LogP contribution in [0.5, 0.6) is 5.75 Å². The topological polar surface area (TPSA) is 79.4 Å². The number of hydrazone groups is 1. The van der Waals surface area contributed by atoms with Gasteiger partial charge in [-0.3, -0.25) is 9.89 Å². The van der Waals surface area contributed by atoms with Crippen molar-refractivity contribution in [2.24, 2.45) is 5.10 Å². The Balaban J connectivity index is 1.65. The smallest absolute Gasteiger partial charge is 0.289 e. The fourth-order valence-corrected chi connectivity index (χ4v) is 2.14. The second-order valence-corrected chi connectivity index (χ2v) is 5.01. The molecule has 0 aliphatic rings. The fraction of sp³-hybridized carbons (Fsp3) is 0.0556. The highest BCUT2D eigenvalue weighted by atomic mass is 16.5. The molecular formula is C18H16N4O2. The van der Waals surface area contributed by atoms with Crippen LogP contribution in [-0.2, 0) is 0 Å². The monoisotopic (exact) mass is 320 g/mol. The molecule has 0 aliphatic carbocycles. The van der Waals surface area contributed by atoms with Crippen molar-refractivity contribution in [3.8, 4) is 17.0 Å². The van der Waals surface area contributed by atoms with Crippen LogP contribution in [0.15, 0.2) is 65.8 Å². The minimum Gasteiger partial charge on any atom is -0.497 e. The summed E-state index contributed by atoms with van der Waals surface area (Å²) >= 11 is 0. The number of ether oxygens (including phenoxy) is 1. The number of rotatable bonds is 5. The fourth-order valence-electron chi connectivity index (χ4n) is 2.14. The van der Waals surface area contributed by atoms with Gasteiger partial charge in [0.05, 0.1) is 19.0 Å². The Hall–Kier alpha value is -3.41. The summed E-state index contributed by atoms with van der Waals surface area (Å²) in [4.78, 5) is 12.1. The first kappa shape index (κ1) is 15.5. The van der Waals surface area contributed by atoms with Gasteiger partial charge in [-0.25, -0.2) is 5.43 Å². The van der Waals surface area contributed by atoms with E-state index in [2.05, 4.69) is 20.7 Å². The number of carbonyl (C=O) groups is 1. The zero-order valence-electron chi connectivity index (χ0n) is 13.1. The average Bonchev–Trinajstić information content (AvgIpc) is 3.13. The van der Waals surface area contributed by atoms with Crippen molar-refractivity contribution in [2.75, 3.05) is 7.11 Å². The Morgan fingerprint density at radius 3 is 2.79 bits per heavy atom. The van der Waals surface area contributed by atoms with Crippen molar-refractivity contribution < 1.29 is 9.53 Å². The summed E-state index contributed by atoms with van der Waals surface area (Å²) in [5.74, 6) is 0.371. The van der Waals surface area contributed by atoms with Crippen LogP contribution < -0.4 is 10.2 Å². The van der Waals surface area contributed by atoms with Crippen molar-refractivity contribution in [3.63, 3.8) is 0 Å². The van der Waals surface area contributed by atoms with Crippen LogP contribution in [0.4, 0.5) is 0 Å². The van der Waals surface area contributed by atoms with Gasteiger partial charge in [0.1, 0.15) is 11.4 Å². The summed E-state index contributed by atoms with van der Waals surface area (Å²) in [5, 5.41) is 10.8. The zero-order valence-corrected chi connectivity index (χ0v) is 13.1. The van der Waals surface area contributed by atoms with Crippen molar-refractivity contribution in [1.29, 1.82) is 0 Å². The summed E-state index contributed by atoms with van der Waals surface area (Å²) in [6, 6.07) is 18.7.